The lowest BCUT2D eigenvalue weighted by atomic mass is 10.2. The molecular weight excluding hydrogens is 242 g/mol. The van der Waals surface area contributed by atoms with E-state index in [1.165, 1.54) is 0 Å². The molecule has 1 fully saturated rings. The Kier molecular flexibility index (Phi) is 4.52. The molecule has 5 nitrogen and oxygen atoms in total. The van der Waals surface area contributed by atoms with Gasteiger partial charge in [-0.3, -0.25) is 9.59 Å². The van der Waals surface area contributed by atoms with Gasteiger partial charge in [-0.1, -0.05) is 12.1 Å². The predicted molar refractivity (Wildman–Crippen MR) is 73.8 cm³/mol. The van der Waals surface area contributed by atoms with Crippen molar-refractivity contribution in [3.8, 4) is 0 Å². The first-order valence-electron chi connectivity index (χ1n) is 6.50. The first kappa shape index (κ1) is 13.5. The molecule has 102 valence electrons. The highest BCUT2D eigenvalue weighted by molar-refractivity contribution is 5.94. The van der Waals surface area contributed by atoms with Gasteiger partial charge in [-0.05, 0) is 37.5 Å². The molecule has 2 amide bonds. The van der Waals surface area contributed by atoms with E-state index in [9.17, 15) is 9.59 Å². The van der Waals surface area contributed by atoms with Crippen molar-refractivity contribution in [1.29, 1.82) is 0 Å². The lowest BCUT2D eigenvalue weighted by molar-refractivity contribution is -0.123. The van der Waals surface area contributed by atoms with Crippen LogP contribution in [0.15, 0.2) is 24.3 Å². The summed E-state index contributed by atoms with van der Waals surface area (Å²) in [7, 11) is 0. The van der Waals surface area contributed by atoms with Crippen molar-refractivity contribution in [1.82, 2.24) is 10.6 Å². The van der Waals surface area contributed by atoms with Crippen LogP contribution in [0.1, 0.15) is 18.4 Å². The van der Waals surface area contributed by atoms with Crippen LogP contribution >= 0.6 is 0 Å². The maximum atomic E-state index is 11.6. The summed E-state index contributed by atoms with van der Waals surface area (Å²) in [6.45, 7) is 2.24. The van der Waals surface area contributed by atoms with Gasteiger partial charge >= 0.3 is 0 Å². The van der Waals surface area contributed by atoms with Crippen molar-refractivity contribution in [3.63, 3.8) is 0 Å². The molecule has 1 aromatic rings. The SMILES string of the molecule is Cc1cccc(NC(=O)CNC(=O)CNC2CC2)c1. The molecule has 0 aliphatic heterocycles. The second kappa shape index (κ2) is 6.33. The van der Waals surface area contributed by atoms with E-state index in [0.717, 1.165) is 24.1 Å². The number of amides is 2. The number of rotatable bonds is 6. The van der Waals surface area contributed by atoms with Crippen molar-refractivity contribution in [2.24, 2.45) is 0 Å². The molecule has 1 saturated carbocycles. The van der Waals surface area contributed by atoms with Crippen molar-refractivity contribution < 1.29 is 9.59 Å². The van der Waals surface area contributed by atoms with Crippen LogP contribution in [-0.4, -0.2) is 30.9 Å². The summed E-state index contributed by atoms with van der Waals surface area (Å²) in [6, 6.07) is 8.03. The van der Waals surface area contributed by atoms with Crippen LogP contribution < -0.4 is 16.0 Å². The van der Waals surface area contributed by atoms with E-state index in [4.69, 9.17) is 0 Å². The minimum Gasteiger partial charge on any atom is -0.346 e. The Morgan fingerprint density at radius 3 is 2.68 bits per heavy atom. The van der Waals surface area contributed by atoms with Crippen LogP contribution in [0.4, 0.5) is 5.69 Å². The smallest absolute Gasteiger partial charge is 0.243 e. The first-order chi connectivity index (χ1) is 9.13. The Morgan fingerprint density at radius 2 is 2.00 bits per heavy atom. The molecule has 2 rings (SSSR count). The Morgan fingerprint density at radius 1 is 1.21 bits per heavy atom. The number of benzene rings is 1. The maximum absolute atomic E-state index is 11.6. The van der Waals surface area contributed by atoms with Crippen molar-refractivity contribution in [3.05, 3.63) is 29.8 Å². The van der Waals surface area contributed by atoms with Gasteiger partial charge < -0.3 is 16.0 Å². The molecule has 0 bridgehead atoms. The summed E-state index contributed by atoms with van der Waals surface area (Å²) in [4.78, 5) is 23.1. The van der Waals surface area contributed by atoms with E-state index in [0.29, 0.717) is 6.04 Å². The molecule has 0 unspecified atom stereocenters. The molecule has 1 aromatic carbocycles. The van der Waals surface area contributed by atoms with Gasteiger partial charge in [-0.25, -0.2) is 0 Å². The summed E-state index contributed by atoms with van der Waals surface area (Å²) in [5, 5.41) is 8.42. The molecule has 19 heavy (non-hydrogen) atoms. The largest absolute Gasteiger partial charge is 0.346 e. The molecule has 0 saturated heterocycles. The minimum atomic E-state index is -0.217. The van der Waals surface area contributed by atoms with Gasteiger partial charge in [-0.15, -0.1) is 0 Å². The van der Waals surface area contributed by atoms with E-state index >= 15 is 0 Å². The van der Waals surface area contributed by atoms with Crippen LogP contribution in [0, 0.1) is 6.92 Å². The Hall–Kier alpha value is -1.88. The molecule has 0 heterocycles. The maximum Gasteiger partial charge on any atom is 0.243 e. The normalized spacial score (nSPS) is 13.9. The van der Waals surface area contributed by atoms with E-state index < -0.39 is 0 Å². The summed E-state index contributed by atoms with van der Waals surface area (Å²) in [6.07, 6.45) is 2.28. The van der Waals surface area contributed by atoms with Gasteiger partial charge in [0.25, 0.3) is 0 Å². The fraction of sp³-hybridized carbons (Fsp3) is 0.429. The minimum absolute atomic E-state index is 0.000871. The Balaban J connectivity index is 1.67. The number of carbonyl (C=O) groups is 2. The highest BCUT2D eigenvalue weighted by atomic mass is 16.2. The van der Waals surface area contributed by atoms with E-state index in [1.807, 2.05) is 31.2 Å². The quantitative estimate of drug-likeness (QED) is 0.709. The number of aryl methyl sites for hydroxylation is 1. The summed E-state index contributed by atoms with van der Waals surface area (Å²) >= 11 is 0. The number of anilines is 1. The number of carbonyl (C=O) groups excluding carboxylic acids is 2. The predicted octanol–water partition coefficient (Wildman–Crippen LogP) is 0.802. The molecule has 0 atom stereocenters. The molecule has 5 heteroatoms. The number of nitrogens with one attached hydrogen (secondary N) is 3. The van der Waals surface area contributed by atoms with Gasteiger partial charge in [0.15, 0.2) is 0 Å². The van der Waals surface area contributed by atoms with Crippen molar-refractivity contribution in [2.45, 2.75) is 25.8 Å². The van der Waals surface area contributed by atoms with Crippen molar-refractivity contribution in [2.75, 3.05) is 18.4 Å². The second-order valence-corrected chi connectivity index (χ2v) is 4.85. The van der Waals surface area contributed by atoms with E-state index in [2.05, 4.69) is 16.0 Å². The molecule has 0 spiro atoms. The van der Waals surface area contributed by atoms with Crippen LogP contribution in [0.25, 0.3) is 0 Å². The third-order valence-electron chi connectivity index (χ3n) is 2.88. The molecular formula is C14H19N3O2. The molecule has 1 aliphatic rings. The Labute approximate surface area is 112 Å². The molecule has 1 aliphatic carbocycles. The topological polar surface area (TPSA) is 70.2 Å². The number of hydrogen-bond acceptors (Lipinski definition) is 3. The van der Waals surface area contributed by atoms with Gasteiger partial charge in [-0.2, -0.15) is 0 Å². The van der Waals surface area contributed by atoms with Gasteiger partial charge in [0.2, 0.25) is 11.8 Å². The van der Waals surface area contributed by atoms with E-state index in [-0.39, 0.29) is 24.9 Å². The zero-order valence-electron chi connectivity index (χ0n) is 11.0. The fourth-order valence-electron chi connectivity index (χ4n) is 1.69. The van der Waals surface area contributed by atoms with Gasteiger partial charge in [0, 0.05) is 11.7 Å². The molecule has 0 radical (unpaired) electrons. The monoisotopic (exact) mass is 261 g/mol. The van der Waals surface area contributed by atoms with Crippen LogP contribution in [0.5, 0.6) is 0 Å². The second-order valence-electron chi connectivity index (χ2n) is 4.85. The zero-order valence-corrected chi connectivity index (χ0v) is 11.0. The summed E-state index contributed by atoms with van der Waals surface area (Å²) in [5.41, 5.74) is 1.82. The average Bonchev–Trinajstić information content (AvgIpc) is 3.18. The fourth-order valence-corrected chi connectivity index (χ4v) is 1.69. The summed E-state index contributed by atoms with van der Waals surface area (Å²) < 4.78 is 0. The van der Waals surface area contributed by atoms with Crippen LogP contribution in [0.2, 0.25) is 0 Å². The van der Waals surface area contributed by atoms with Gasteiger partial charge in [0.1, 0.15) is 0 Å². The molecule has 3 N–H and O–H groups in total. The highest BCUT2D eigenvalue weighted by Gasteiger charge is 2.21. The lowest BCUT2D eigenvalue weighted by Crippen LogP contribution is -2.39. The zero-order chi connectivity index (χ0) is 13.7. The third kappa shape index (κ3) is 5.09. The lowest BCUT2D eigenvalue weighted by Gasteiger charge is -2.08. The Bertz CT molecular complexity index is 470. The highest BCUT2D eigenvalue weighted by Crippen LogP contribution is 2.17. The summed E-state index contributed by atoms with van der Waals surface area (Å²) in [5.74, 6) is -0.364. The first-order valence-corrected chi connectivity index (χ1v) is 6.50. The van der Waals surface area contributed by atoms with Crippen LogP contribution in [-0.2, 0) is 9.59 Å². The van der Waals surface area contributed by atoms with E-state index in [1.54, 1.807) is 0 Å². The standard InChI is InChI=1S/C14H19N3O2/c1-10-3-2-4-12(7-10)17-14(19)9-16-13(18)8-15-11-5-6-11/h2-4,7,11,15H,5-6,8-9H2,1H3,(H,16,18)(H,17,19). The number of hydrogen-bond donors (Lipinski definition) is 3. The molecule has 0 aromatic heterocycles. The van der Waals surface area contributed by atoms with Crippen LogP contribution in [0.3, 0.4) is 0 Å². The van der Waals surface area contributed by atoms with Gasteiger partial charge in [0.05, 0.1) is 13.1 Å². The van der Waals surface area contributed by atoms with Crippen molar-refractivity contribution >= 4 is 17.5 Å². The average molecular weight is 261 g/mol. The third-order valence-corrected chi connectivity index (χ3v) is 2.88.